The molecule has 0 atom stereocenters. The van der Waals surface area contributed by atoms with Crippen molar-refractivity contribution < 1.29 is 8.78 Å². The van der Waals surface area contributed by atoms with Crippen LogP contribution in [0.4, 0.5) is 8.78 Å². The van der Waals surface area contributed by atoms with Gasteiger partial charge in [-0.25, -0.2) is 8.78 Å². The molecule has 1 aromatic heterocycles. The van der Waals surface area contributed by atoms with Crippen molar-refractivity contribution in [2.75, 3.05) is 0 Å². The first-order valence-corrected chi connectivity index (χ1v) is 5.00. The van der Waals surface area contributed by atoms with Gasteiger partial charge in [0.25, 0.3) is 0 Å². The fourth-order valence-electron chi connectivity index (χ4n) is 1.24. The lowest BCUT2D eigenvalue weighted by Gasteiger charge is -1.97. The Morgan fingerprint density at radius 1 is 1.00 bits per heavy atom. The molecule has 0 aliphatic carbocycles. The largest absolute Gasteiger partial charge is 0.204 e. The van der Waals surface area contributed by atoms with E-state index in [2.05, 4.69) is 0 Å². The van der Waals surface area contributed by atoms with Crippen LogP contribution >= 0.6 is 11.3 Å². The molecule has 0 bridgehead atoms. The Hall–Kier alpha value is -1.22. The molecule has 0 unspecified atom stereocenters. The number of hydrogen-bond donors (Lipinski definition) is 0. The molecule has 2 aromatic rings. The van der Waals surface area contributed by atoms with Crippen molar-refractivity contribution in [3.8, 4) is 10.4 Å². The molecule has 72 valence electrons. The van der Waals surface area contributed by atoms with Crippen molar-refractivity contribution in [1.29, 1.82) is 0 Å². The number of hydrogen-bond acceptors (Lipinski definition) is 1. The molecule has 0 nitrogen and oxygen atoms in total. The van der Waals surface area contributed by atoms with E-state index in [0.717, 1.165) is 21.4 Å². The Morgan fingerprint density at radius 2 is 1.79 bits per heavy atom. The van der Waals surface area contributed by atoms with Crippen molar-refractivity contribution in [3.63, 3.8) is 0 Å². The molecule has 0 saturated carbocycles. The highest BCUT2D eigenvalue weighted by molar-refractivity contribution is 7.15. The monoisotopic (exact) mass is 210 g/mol. The Balaban J connectivity index is 2.47. The second kappa shape index (κ2) is 3.50. The predicted octanol–water partition coefficient (Wildman–Crippen LogP) is 4.00. The summed E-state index contributed by atoms with van der Waals surface area (Å²) in [5.74, 6) is -1.60. The molecule has 0 saturated heterocycles. The average Bonchev–Trinajstić information content (AvgIpc) is 2.57. The number of thiophene rings is 1. The van der Waals surface area contributed by atoms with E-state index in [4.69, 9.17) is 0 Å². The zero-order valence-corrected chi connectivity index (χ0v) is 8.37. The van der Waals surface area contributed by atoms with Gasteiger partial charge in [-0.2, -0.15) is 0 Å². The number of aryl methyl sites for hydroxylation is 1. The minimum Gasteiger partial charge on any atom is -0.204 e. The maximum atomic E-state index is 12.9. The van der Waals surface area contributed by atoms with E-state index < -0.39 is 11.6 Å². The minimum absolute atomic E-state index is 0.724. The van der Waals surface area contributed by atoms with Gasteiger partial charge in [-0.15, -0.1) is 11.3 Å². The highest BCUT2D eigenvalue weighted by Crippen LogP contribution is 2.28. The molecule has 3 heteroatoms. The van der Waals surface area contributed by atoms with Crippen LogP contribution in [0.15, 0.2) is 30.3 Å². The van der Waals surface area contributed by atoms with E-state index in [1.807, 2.05) is 19.1 Å². The van der Waals surface area contributed by atoms with E-state index in [1.165, 1.54) is 6.07 Å². The molecule has 0 aliphatic heterocycles. The van der Waals surface area contributed by atoms with Crippen LogP contribution in [0, 0.1) is 18.6 Å². The smallest absolute Gasteiger partial charge is 0.159 e. The van der Waals surface area contributed by atoms with Crippen LogP contribution in [0.5, 0.6) is 0 Å². The lowest BCUT2D eigenvalue weighted by atomic mass is 10.2. The average molecular weight is 210 g/mol. The first kappa shape index (κ1) is 9.34. The lowest BCUT2D eigenvalue weighted by molar-refractivity contribution is 0.509. The van der Waals surface area contributed by atoms with E-state index in [0.29, 0.717) is 0 Å². The van der Waals surface area contributed by atoms with Crippen LogP contribution < -0.4 is 0 Å². The molecule has 0 N–H and O–H groups in total. The van der Waals surface area contributed by atoms with Crippen molar-refractivity contribution in [1.82, 2.24) is 0 Å². The van der Waals surface area contributed by atoms with E-state index in [1.54, 1.807) is 17.4 Å². The zero-order chi connectivity index (χ0) is 10.1. The second-order valence-electron chi connectivity index (χ2n) is 3.04. The third kappa shape index (κ3) is 1.68. The van der Waals surface area contributed by atoms with Crippen LogP contribution in [0.25, 0.3) is 10.4 Å². The van der Waals surface area contributed by atoms with Gasteiger partial charge in [0.05, 0.1) is 0 Å². The van der Waals surface area contributed by atoms with Gasteiger partial charge >= 0.3 is 0 Å². The summed E-state index contributed by atoms with van der Waals surface area (Å²) in [6, 6.07) is 7.83. The summed E-state index contributed by atoms with van der Waals surface area (Å²) < 4.78 is 25.5. The fraction of sp³-hybridized carbons (Fsp3) is 0.0909. The quantitative estimate of drug-likeness (QED) is 0.667. The number of rotatable bonds is 1. The Morgan fingerprint density at radius 3 is 2.36 bits per heavy atom. The van der Waals surface area contributed by atoms with Gasteiger partial charge in [0, 0.05) is 9.75 Å². The molecule has 1 aromatic carbocycles. The van der Waals surface area contributed by atoms with Gasteiger partial charge in [-0.3, -0.25) is 0 Å². The Labute approximate surface area is 84.8 Å². The summed E-state index contributed by atoms with van der Waals surface area (Å²) in [5.41, 5.74) is 0.724. The van der Waals surface area contributed by atoms with E-state index in [-0.39, 0.29) is 0 Å². The van der Waals surface area contributed by atoms with Gasteiger partial charge in [0.15, 0.2) is 11.6 Å². The van der Waals surface area contributed by atoms with Crippen molar-refractivity contribution in [2.24, 2.45) is 0 Å². The molecular formula is C11H8F2S. The van der Waals surface area contributed by atoms with Crippen LogP contribution in [0.2, 0.25) is 0 Å². The van der Waals surface area contributed by atoms with Gasteiger partial charge < -0.3 is 0 Å². The zero-order valence-electron chi connectivity index (χ0n) is 7.55. The van der Waals surface area contributed by atoms with Crippen molar-refractivity contribution in [3.05, 3.63) is 46.8 Å². The summed E-state index contributed by atoms with van der Waals surface area (Å²) in [6.45, 7) is 1.98. The van der Waals surface area contributed by atoms with Gasteiger partial charge in [-0.1, -0.05) is 6.07 Å². The molecular weight excluding hydrogens is 202 g/mol. The summed E-state index contributed by atoms with van der Waals surface area (Å²) in [7, 11) is 0. The normalized spacial score (nSPS) is 10.5. The van der Waals surface area contributed by atoms with Crippen molar-refractivity contribution >= 4 is 11.3 Å². The summed E-state index contributed by atoms with van der Waals surface area (Å²) in [4.78, 5) is 2.12. The second-order valence-corrected chi connectivity index (χ2v) is 4.33. The molecule has 1 heterocycles. The number of benzene rings is 1. The van der Waals surface area contributed by atoms with Crippen LogP contribution in [-0.2, 0) is 0 Å². The summed E-state index contributed by atoms with van der Waals surface area (Å²) >= 11 is 1.57. The van der Waals surface area contributed by atoms with E-state index >= 15 is 0 Å². The first-order valence-electron chi connectivity index (χ1n) is 4.18. The van der Waals surface area contributed by atoms with Crippen LogP contribution in [0.1, 0.15) is 4.88 Å². The SMILES string of the molecule is Cc1ccc(-c2ccc(F)c(F)c2)s1. The predicted molar refractivity (Wildman–Crippen MR) is 54.4 cm³/mol. The highest BCUT2D eigenvalue weighted by atomic mass is 32.1. The maximum Gasteiger partial charge on any atom is 0.159 e. The molecule has 14 heavy (non-hydrogen) atoms. The standard InChI is InChI=1S/C11H8F2S/c1-7-2-5-11(14-7)8-3-4-9(12)10(13)6-8/h2-6H,1H3. The summed E-state index contributed by atoms with van der Waals surface area (Å²) in [5, 5.41) is 0. The van der Waals surface area contributed by atoms with Crippen molar-refractivity contribution in [2.45, 2.75) is 6.92 Å². The van der Waals surface area contributed by atoms with Gasteiger partial charge in [0.1, 0.15) is 0 Å². The van der Waals surface area contributed by atoms with Crippen LogP contribution in [-0.4, -0.2) is 0 Å². The number of halogens is 2. The molecule has 2 rings (SSSR count). The first-order chi connectivity index (χ1) is 6.66. The topological polar surface area (TPSA) is 0 Å². The minimum atomic E-state index is -0.804. The molecule has 0 aliphatic rings. The van der Waals surface area contributed by atoms with Crippen LogP contribution in [0.3, 0.4) is 0 Å². The highest BCUT2D eigenvalue weighted by Gasteiger charge is 2.05. The Bertz CT molecular complexity index is 460. The maximum absolute atomic E-state index is 12.9. The summed E-state index contributed by atoms with van der Waals surface area (Å²) in [6.07, 6.45) is 0. The molecule has 0 fully saturated rings. The van der Waals surface area contributed by atoms with E-state index in [9.17, 15) is 8.78 Å². The molecule has 0 radical (unpaired) electrons. The molecule has 0 amide bonds. The third-order valence-electron chi connectivity index (χ3n) is 1.94. The van der Waals surface area contributed by atoms with Gasteiger partial charge in [-0.05, 0) is 36.8 Å². The van der Waals surface area contributed by atoms with Gasteiger partial charge in [0.2, 0.25) is 0 Å². The third-order valence-corrected chi connectivity index (χ3v) is 2.99. The lowest BCUT2D eigenvalue weighted by Crippen LogP contribution is -1.83. The molecule has 0 spiro atoms. The Kier molecular flexibility index (Phi) is 2.33. The fourth-order valence-corrected chi connectivity index (χ4v) is 2.10.